The lowest BCUT2D eigenvalue weighted by Crippen LogP contribution is -2.46. The van der Waals surface area contributed by atoms with Gasteiger partial charge < -0.3 is 15.7 Å². The average Bonchev–Trinajstić information content (AvgIpc) is 2.45. The lowest BCUT2D eigenvalue weighted by atomic mass is 9.89. The molecule has 0 bridgehead atoms. The van der Waals surface area contributed by atoms with E-state index in [1.165, 1.54) is 0 Å². The highest BCUT2D eigenvalue weighted by molar-refractivity contribution is 5.99. The van der Waals surface area contributed by atoms with E-state index in [0.29, 0.717) is 30.6 Å². The summed E-state index contributed by atoms with van der Waals surface area (Å²) in [6.07, 6.45) is 2.41. The number of hydrogen-bond donors (Lipinski definition) is 2. The number of hydrogen-bond acceptors (Lipinski definition) is 3. The second kappa shape index (κ2) is 5.88. The molecule has 2 unspecified atom stereocenters. The fourth-order valence-electron chi connectivity index (χ4n) is 2.53. The summed E-state index contributed by atoms with van der Waals surface area (Å²) in [7, 11) is 0. The number of para-hydroxylation sites is 1. The number of benzene rings is 1. The molecule has 1 heterocycles. The minimum Gasteiger partial charge on any atom is -0.481 e. The Kier molecular flexibility index (Phi) is 4.20. The zero-order valence-corrected chi connectivity index (χ0v) is 11.2. The van der Waals surface area contributed by atoms with E-state index in [0.717, 1.165) is 0 Å². The number of rotatable bonds is 4. The third-order valence-electron chi connectivity index (χ3n) is 3.55. The van der Waals surface area contributed by atoms with E-state index >= 15 is 0 Å². The van der Waals surface area contributed by atoms with Gasteiger partial charge in [-0.05, 0) is 24.5 Å². The van der Waals surface area contributed by atoms with Gasteiger partial charge in [-0.15, -0.1) is 6.58 Å². The van der Waals surface area contributed by atoms with Gasteiger partial charge in [0.2, 0.25) is 5.91 Å². The Hall–Kier alpha value is -2.14. The lowest BCUT2D eigenvalue weighted by Gasteiger charge is -2.34. The van der Waals surface area contributed by atoms with Crippen LogP contribution >= 0.6 is 0 Å². The summed E-state index contributed by atoms with van der Waals surface area (Å²) < 4.78 is 0. The van der Waals surface area contributed by atoms with Crippen molar-refractivity contribution in [1.82, 2.24) is 0 Å². The number of nitrogens with zero attached hydrogens (tertiary/aromatic N) is 1. The van der Waals surface area contributed by atoms with Gasteiger partial charge in [-0.1, -0.05) is 24.3 Å². The van der Waals surface area contributed by atoms with Crippen molar-refractivity contribution in [3.8, 4) is 0 Å². The van der Waals surface area contributed by atoms with Crippen LogP contribution in [-0.4, -0.2) is 29.6 Å². The van der Waals surface area contributed by atoms with Gasteiger partial charge in [-0.3, -0.25) is 9.59 Å². The predicted octanol–water partition coefficient (Wildman–Crippen LogP) is 1.49. The molecule has 2 rings (SSSR count). The second-order valence-electron chi connectivity index (χ2n) is 4.86. The van der Waals surface area contributed by atoms with E-state index in [9.17, 15) is 14.7 Å². The number of fused-ring (bicyclic) bond motifs is 1. The van der Waals surface area contributed by atoms with Crippen molar-refractivity contribution >= 4 is 17.6 Å². The molecule has 5 nitrogen and oxygen atoms in total. The van der Waals surface area contributed by atoms with E-state index in [-0.39, 0.29) is 5.91 Å². The number of carboxylic acid groups (broad SMARTS) is 1. The molecule has 0 aliphatic carbocycles. The number of anilines is 1. The molecule has 20 heavy (non-hydrogen) atoms. The maximum atomic E-state index is 12.3. The van der Waals surface area contributed by atoms with E-state index in [4.69, 9.17) is 5.73 Å². The van der Waals surface area contributed by atoms with Crippen LogP contribution in [0.5, 0.6) is 0 Å². The van der Waals surface area contributed by atoms with Crippen molar-refractivity contribution in [3.63, 3.8) is 0 Å². The van der Waals surface area contributed by atoms with Crippen LogP contribution in [0.3, 0.4) is 0 Å². The molecule has 1 aromatic rings. The summed E-state index contributed by atoms with van der Waals surface area (Å²) in [5.41, 5.74) is 7.15. The molecule has 0 saturated heterocycles. The van der Waals surface area contributed by atoms with Crippen molar-refractivity contribution in [3.05, 3.63) is 42.5 Å². The maximum Gasteiger partial charge on any atom is 0.311 e. The first-order valence-corrected chi connectivity index (χ1v) is 6.55. The van der Waals surface area contributed by atoms with Crippen LogP contribution in [0.1, 0.15) is 24.3 Å². The van der Waals surface area contributed by atoms with Gasteiger partial charge in [0.05, 0.1) is 12.0 Å². The van der Waals surface area contributed by atoms with Gasteiger partial charge in [0.25, 0.3) is 0 Å². The number of carbonyl (C=O) groups excluding carboxylic acids is 1. The van der Waals surface area contributed by atoms with Gasteiger partial charge in [0, 0.05) is 12.2 Å². The number of carboxylic acids is 1. The molecular weight excluding hydrogens is 256 g/mol. The van der Waals surface area contributed by atoms with E-state index < -0.39 is 17.9 Å². The van der Waals surface area contributed by atoms with Crippen molar-refractivity contribution < 1.29 is 14.7 Å². The molecule has 5 heteroatoms. The zero-order valence-electron chi connectivity index (χ0n) is 11.2. The minimum atomic E-state index is -0.861. The largest absolute Gasteiger partial charge is 0.481 e. The Morgan fingerprint density at radius 3 is 2.85 bits per heavy atom. The van der Waals surface area contributed by atoms with Crippen molar-refractivity contribution in [2.24, 2.45) is 5.73 Å². The molecular formula is C15H18N2O3. The van der Waals surface area contributed by atoms with Crippen molar-refractivity contribution in [2.45, 2.75) is 24.8 Å². The standard InChI is InChI=1S/C15H18N2O3/c1-2-5-12(16)14(18)17-9-8-11(15(19)20)10-6-3-4-7-13(10)17/h2-4,6-7,11-12H,1,5,8-9,16H2,(H,19,20). The molecule has 106 valence electrons. The van der Waals surface area contributed by atoms with Gasteiger partial charge in [-0.2, -0.15) is 0 Å². The summed E-state index contributed by atoms with van der Waals surface area (Å²) >= 11 is 0. The highest BCUT2D eigenvalue weighted by Crippen LogP contribution is 2.35. The summed E-state index contributed by atoms with van der Waals surface area (Å²) in [6.45, 7) is 3.95. The fraction of sp³-hybridized carbons (Fsp3) is 0.333. The van der Waals surface area contributed by atoms with Gasteiger partial charge in [0.1, 0.15) is 0 Å². The Balaban J connectivity index is 2.34. The molecule has 1 aliphatic rings. The summed E-state index contributed by atoms with van der Waals surface area (Å²) in [4.78, 5) is 25.2. The number of carbonyl (C=O) groups is 2. The summed E-state index contributed by atoms with van der Waals surface area (Å²) in [5, 5.41) is 9.26. The molecule has 0 radical (unpaired) electrons. The Bertz CT molecular complexity index is 542. The SMILES string of the molecule is C=CCC(N)C(=O)N1CCC(C(=O)O)c2ccccc21. The Morgan fingerprint density at radius 2 is 2.20 bits per heavy atom. The topological polar surface area (TPSA) is 83.6 Å². The van der Waals surface area contributed by atoms with Gasteiger partial charge in [0.15, 0.2) is 0 Å². The molecule has 0 saturated carbocycles. The molecule has 1 aromatic carbocycles. The third-order valence-corrected chi connectivity index (χ3v) is 3.55. The molecule has 2 atom stereocenters. The molecule has 0 fully saturated rings. The molecule has 0 spiro atoms. The highest BCUT2D eigenvalue weighted by atomic mass is 16.4. The lowest BCUT2D eigenvalue weighted by molar-refractivity contribution is -0.139. The first-order chi connectivity index (χ1) is 9.56. The summed E-state index contributed by atoms with van der Waals surface area (Å²) in [5.74, 6) is -1.62. The van der Waals surface area contributed by atoms with Crippen molar-refractivity contribution in [1.29, 1.82) is 0 Å². The van der Waals surface area contributed by atoms with Crippen LogP contribution in [0.15, 0.2) is 36.9 Å². The predicted molar refractivity (Wildman–Crippen MR) is 76.6 cm³/mol. The second-order valence-corrected chi connectivity index (χ2v) is 4.86. The Morgan fingerprint density at radius 1 is 1.50 bits per heavy atom. The first-order valence-electron chi connectivity index (χ1n) is 6.55. The van der Waals surface area contributed by atoms with Crippen molar-refractivity contribution in [2.75, 3.05) is 11.4 Å². The molecule has 3 N–H and O–H groups in total. The smallest absolute Gasteiger partial charge is 0.311 e. The Labute approximate surface area is 117 Å². The molecule has 1 amide bonds. The average molecular weight is 274 g/mol. The normalized spacial score (nSPS) is 19.1. The van der Waals surface area contributed by atoms with Crippen LogP contribution in [0, 0.1) is 0 Å². The van der Waals surface area contributed by atoms with Gasteiger partial charge >= 0.3 is 5.97 Å². The quantitative estimate of drug-likeness (QED) is 0.815. The number of nitrogens with two attached hydrogens (primary N) is 1. The highest BCUT2D eigenvalue weighted by Gasteiger charge is 2.33. The van der Waals surface area contributed by atoms with Crippen LogP contribution in [-0.2, 0) is 9.59 Å². The van der Waals surface area contributed by atoms with Crippen LogP contribution < -0.4 is 10.6 Å². The van der Waals surface area contributed by atoms with E-state index in [2.05, 4.69) is 6.58 Å². The van der Waals surface area contributed by atoms with Crippen LogP contribution in [0.25, 0.3) is 0 Å². The first kappa shape index (κ1) is 14.3. The molecule has 0 aromatic heterocycles. The summed E-state index contributed by atoms with van der Waals surface area (Å²) in [6, 6.07) is 6.46. The maximum absolute atomic E-state index is 12.3. The fourth-order valence-corrected chi connectivity index (χ4v) is 2.53. The molecule has 1 aliphatic heterocycles. The minimum absolute atomic E-state index is 0.193. The van der Waals surface area contributed by atoms with Crippen LogP contribution in [0.2, 0.25) is 0 Å². The number of amides is 1. The van der Waals surface area contributed by atoms with E-state index in [1.807, 2.05) is 0 Å². The zero-order chi connectivity index (χ0) is 14.7. The monoisotopic (exact) mass is 274 g/mol. The van der Waals surface area contributed by atoms with Crippen LogP contribution in [0.4, 0.5) is 5.69 Å². The third kappa shape index (κ3) is 2.58. The van der Waals surface area contributed by atoms with Gasteiger partial charge in [-0.25, -0.2) is 0 Å². The number of aliphatic carboxylic acids is 1. The van der Waals surface area contributed by atoms with E-state index in [1.54, 1.807) is 35.2 Å².